The van der Waals surface area contributed by atoms with Gasteiger partial charge in [-0.15, -0.1) is 0 Å². The molecule has 2 aromatic rings. The van der Waals surface area contributed by atoms with Crippen LogP contribution in [0.1, 0.15) is 11.1 Å². The fourth-order valence-corrected chi connectivity index (χ4v) is 3.14. The molecule has 0 fully saturated rings. The summed E-state index contributed by atoms with van der Waals surface area (Å²) in [7, 11) is -3.80. The van der Waals surface area contributed by atoms with E-state index in [0.29, 0.717) is 16.8 Å². The van der Waals surface area contributed by atoms with Gasteiger partial charge in [0.05, 0.1) is 4.90 Å². The SMILES string of the molecule is Cc1cc(F)ccc1S(=O)(=O)NCc1cc(N)ccc1O. The molecule has 0 aliphatic carbocycles. The zero-order chi connectivity index (χ0) is 15.6. The van der Waals surface area contributed by atoms with Crippen LogP contribution in [0.5, 0.6) is 5.75 Å². The number of sulfonamides is 1. The third kappa shape index (κ3) is 3.50. The molecule has 0 saturated carbocycles. The molecule has 0 aliphatic rings. The minimum Gasteiger partial charge on any atom is -0.508 e. The number of nitrogens with one attached hydrogen (secondary N) is 1. The summed E-state index contributed by atoms with van der Waals surface area (Å²) in [6.07, 6.45) is 0. The Hall–Kier alpha value is -2.12. The molecule has 4 N–H and O–H groups in total. The molecule has 0 aromatic heterocycles. The van der Waals surface area contributed by atoms with E-state index < -0.39 is 15.8 Å². The van der Waals surface area contributed by atoms with E-state index in [2.05, 4.69) is 4.72 Å². The molecule has 0 amide bonds. The number of phenolic OH excluding ortho intramolecular Hbond substituents is 1. The van der Waals surface area contributed by atoms with Crippen molar-refractivity contribution in [2.45, 2.75) is 18.4 Å². The van der Waals surface area contributed by atoms with E-state index in [9.17, 15) is 17.9 Å². The van der Waals surface area contributed by atoms with Gasteiger partial charge in [0.1, 0.15) is 11.6 Å². The summed E-state index contributed by atoms with van der Waals surface area (Å²) in [5.41, 5.74) is 6.67. The predicted octanol–water partition coefficient (Wildman–Crippen LogP) is 1.90. The Labute approximate surface area is 122 Å². The first-order valence-electron chi connectivity index (χ1n) is 6.13. The molecule has 112 valence electrons. The minimum atomic E-state index is -3.80. The predicted molar refractivity (Wildman–Crippen MR) is 77.7 cm³/mol. The lowest BCUT2D eigenvalue weighted by molar-refractivity contribution is 0.467. The van der Waals surface area contributed by atoms with E-state index in [0.717, 1.165) is 12.1 Å². The summed E-state index contributed by atoms with van der Waals surface area (Å²) in [5.74, 6) is -0.553. The highest BCUT2D eigenvalue weighted by atomic mass is 32.2. The summed E-state index contributed by atoms with van der Waals surface area (Å²) in [4.78, 5) is -0.00714. The van der Waals surface area contributed by atoms with Gasteiger partial charge in [-0.3, -0.25) is 0 Å². The van der Waals surface area contributed by atoms with E-state index in [1.165, 1.54) is 31.2 Å². The molecule has 0 bridgehead atoms. The zero-order valence-corrected chi connectivity index (χ0v) is 12.1. The Morgan fingerprint density at radius 2 is 1.95 bits per heavy atom. The van der Waals surface area contributed by atoms with E-state index in [1.807, 2.05) is 0 Å². The van der Waals surface area contributed by atoms with Crippen molar-refractivity contribution in [1.29, 1.82) is 0 Å². The fourth-order valence-electron chi connectivity index (χ4n) is 1.91. The van der Waals surface area contributed by atoms with Crippen molar-refractivity contribution in [3.8, 4) is 5.75 Å². The summed E-state index contributed by atoms with van der Waals surface area (Å²) < 4.78 is 39.8. The lowest BCUT2D eigenvalue weighted by Gasteiger charge is -2.10. The molecule has 0 heterocycles. The Bertz CT molecular complexity index is 776. The molecular formula is C14H15FN2O3S. The maximum Gasteiger partial charge on any atom is 0.241 e. The third-order valence-corrected chi connectivity index (χ3v) is 4.54. The Balaban J connectivity index is 2.24. The highest BCUT2D eigenvalue weighted by Crippen LogP contribution is 2.21. The average Bonchev–Trinajstić information content (AvgIpc) is 2.39. The van der Waals surface area contributed by atoms with Crippen molar-refractivity contribution in [1.82, 2.24) is 4.72 Å². The number of aryl methyl sites for hydroxylation is 1. The standard InChI is InChI=1S/C14H15FN2O3S/c1-9-6-11(15)2-5-14(9)21(19,20)17-8-10-7-12(16)3-4-13(10)18/h2-7,17-18H,8,16H2,1H3. The van der Waals surface area contributed by atoms with Crippen molar-refractivity contribution in [3.63, 3.8) is 0 Å². The number of phenols is 1. The molecular weight excluding hydrogens is 295 g/mol. The normalized spacial score (nSPS) is 11.5. The molecule has 0 aliphatic heterocycles. The van der Waals surface area contributed by atoms with Crippen LogP contribution in [0.2, 0.25) is 0 Å². The Kier molecular flexibility index (Phi) is 4.15. The topological polar surface area (TPSA) is 92.4 Å². The van der Waals surface area contributed by atoms with Crippen LogP contribution in [0.25, 0.3) is 0 Å². The summed E-state index contributed by atoms with van der Waals surface area (Å²) in [6.45, 7) is 1.39. The second kappa shape index (κ2) is 5.71. The van der Waals surface area contributed by atoms with Crippen molar-refractivity contribution >= 4 is 15.7 Å². The number of aromatic hydroxyl groups is 1. The van der Waals surface area contributed by atoms with Crippen LogP contribution in [0.15, 0.2) is 41.3 Å². The maximum absolute atomic E-state index is 13.0. The van der Waals surface area contributed by atoms with Crippen LogP contribution in [-0.2, 0) is 16.6 Å². The molecule has 0 unspecified atom stereocenters. The van der Waals surface area contributed by atoms with Crippen LogP contribution in [0.3, 0.4) is 0 Å². The Morgan fingerprint density at radius 3 is 2.62 bits per heavy atom. The maximum atomic E-state index is 13.0. The first-order valence-corrected chi connectivity index (χ1v) is 7.61. The monoisotopic (exact) mass is 310 g/mol. The molecule has 7 heteroatoms. The lowest BCUT2D eigenvalue weighted by Crippen LogP contribution is -2.24. The first kappa shape index (κ1) is 15.3. The van der Waals surface area contributed by atoms with Crippen LogP contribution in [0.4, 0.5) is 10.1 Å². The second-order valence-corrected chi connectivity index (χ2v) is 6.36. The number of nitrogens with two attached hydrogens (primary N) is 1. The number of nitrogen functional groups attached to an aromatic ring is 1. The van der Waals surface area contributed by atoms with Gasteiger partial charge >= 0.3 is 0 Å². The van der Waals surface area contributed by atoms with Crippen molar-refractivity contribution in [2.24, 2.45) is 0 Å². The fraction of sp³-hybridized carbons (Fsp3) is 0.143. The van der Waals surface area contributed by atoms with Crippen LogP contribution >= 0.6 is 0 Å². The number of rotatable bonds is 4. The van der Waals surface area contributed by atoms with Crippen molar-refractivity contribution < 1.29 is 17.9 Å². The number of benzene rings is 2. The van der Waals surface area contributed by atoms with Gasteiger partial charge in [0.15, 0.2) is 0 Å². The van der Waals surface area contributed by atoms with E-state index in [4.69, 9.17) is 5.73 Å². The van der Waals surface area contributed by atoms with E-state index in [-0.39, 0.29) is 17.2 Å². The second-order valence-electron chi connectivity index (χ2n) is 4.62. The molecule has 2 aromatic carbocycles. The Morgan fingerprint density at radius 1 is 1.24 bits per heavy atom. The van der Waals surface area contributed by atoms with Gasteiger partial charge in [0.25, 0.3) is 0 Å². The van der Waals surface area contributed by atoms with Gasteiger partial charge in [0, 0.05) is 17.8 Å². The number of hydrogen-bond donors (Lipinski definition) is 3. The molecule has 2 rings (SSSR count). The van der Waals surface area contributed by atoms with E-state index >= 15 is 0 Å². The smallest absolute Gasteiger partial charge is 0.241 e. The minimum absolute atomic E-state index is 0.00714. The van der Waals surface area contributed by atoms with Gasteiger partial charge < -0.3 is 10.8 Å². The third-order valence-electron chi connectivity index (χ3n) is 2.98. The van der Waals surface area contributed by atoms with Gasteiger partial charge in [0.2, 0.25) is 10.0 Å². The summed E-state index contributed by atoms with van der Waals surface area (Å²) in [5, 5.41) is 9.65. The average molecular weight is 310 g/mol. The molecule has 0 spiro atoms. The molecule has 0 saturated heterocycles. The molecule has 21 heavy (non-hydrogen) atoms. The first-order chi connectivity index (χ1) is 9.79. The van der Waals surface area contributed by atoms with Crippen LogP contribution in [-0.4, -0.2) is 13.5 Å². The highest BCUT2D eigenvalue weighted by molar-refractivity contribution is 7.89. The van der Waals surface area contributed by atoms with Crippen molar-refractivity contribution in [2.75, 3.05) is 5.73 Å². The quantitative estimate of drug-likeness (QED) is 0.594. The van der Waals surface area contributed by atoms with Crippen LogP contribution < -0.4 is 10.5 Å². The van der Waals surface area contributed by atoms with E-state index in [1.54, 1.807) is 0 Å². The number of anilines is 1. The van der Waals surface area contributed by atoms with Crippen LogP contribution in [0, 0.1) is 12.7 Å². The molecule has 0 radical (unpaired) electrons. The highest BCUT2D eigenvalue weighted by Gasteiger charge is 2.17. The molecule has 5 nitrogen and oxygen atoms in total. The van der Waals surface area contributed by atoms with Crippen molar-refractivity contribution in [3.05, 3.63) is 53.3 Å². The zero-order valence-electron chi connectivity index (χ0n) is 11.3. The number of halogens is 1. The van der Waals surface area contributed by atoms with Gasteiger partial charge in [-0.1, -0.05) is 0 Å². The summed E-state index contributed by atoms with van der Waals surface area (Å²) >= 11 is 0. The molecule has 0 atom stereocenters. The largest absolute Gasteiger partial charge is 0.508 e. The number of hydrogen-bond acceptors (Lipinski definition) is 4. The van der Waals surface area contributed by atoms with Gasteiger partial charge in [-0.25, -0.2) is 17.5 Å². The van der Waals surface area contributed by atoms with Gasteiger partial charge in [-0.2, -0.15) is 0 Å². The van der Waals surface area contributed by atoms with Gasteiger partial charge in [-0.05, 0) is 48.9 Å². The summed E-state index contributed by atoms with van der Waals surface area (Å²) in [6, 6.07) is 7.81. The lowest BCUT2D eigenvalue weighted by atomic mass is 10.2.